The van der Waals surface area contributed by atoms with Crippen molar-refractivity contribution in [2.24, 2.45) is 5.92 Å². The number of allylic oxidation sites excluding steroid dienone is 1. The van der Waals surface area contributed by atoms with Crippen molar-refractivity contribution in [3.63, 3.8) is 0 Å². The lowest BCUT2D eigenvalue weighted by Gasteiger charge is -2.49. The first kappa shape index (κ1) is 23.8. The molecule has 0 amide bonds. The summed E-state index contributed by atoms with van der Waals surface area (Å²) >= 11 is 0. The lowest BCUT2D eigenvalue weighted by molar-refractivity contribution is -0.465. The Morgan fingerprint density at radius 1 is 0.893 bits per heavy atom. The Kier molecular flexibility index (Phi) is 5.90. The second-order valence-corrected chi connectivity index (χ2v) is 5.67. The number of carboxylic acid groups (broad SMARTS) is 1. The van der Waals surface area contributed by atoms with E-state index in [2.05, 4.69) is 11.3 Å². The van der Waals surface area contributed by atoms with E-state index in [1.54, 1.807) is 0 Å². The molecule has 28 heavy (non-hydrogen) atoms. The van der Waals surface area contributed by atoms with Gasteiger partial charge in [0.25, 0.3) is 0 Å². The van der Waals surface area contributed by atoms with Crippen LogP contribution in [0.15, 0.2) is 24.3 Å². The Bertz CT molecular complexity index is 668. The minimum atomic E-state index is -7.10. The van der Waals surface area contributed by atoms with Crippen molar-refractivity contribution >= 4 is 11.9 Å². The van der Waals surface area contributed by atoms with Crippen LogP contribution in [0.2, 0.25) is 0 Å². The zero-order chi connectivity index (χ0) is 22.3. The predicted molar refractivity (Wildman–Crippen MR) is 69.7 cm³/mol. The average molecular weight is 432 g/mol. The van der Waals surface area contributed by atoms with Gasteiger partial charge in [-0.05, 0) is 6.42 Å². The number of ether oxygens (including phenoxy) is 1. The number of alkyl halides is 10. The van der Waals surface area contributed by atoms with E-state index >= 15 is 0 Å². The number of carboxylic acids is 1. The highest BCUT2D eigenvalue weighted by Gasteiger charge is 2.95. The number of rotatable bonds is 6. The Morgan fingerprint density at radius 3 is 1.71 bits per heavy atom. The number of halogens is 10. The molecule has 0 saturated heterocycles. The molecule has 1 N–H and O–H groups in total. The molecule has 1 saturated carbocycles. The molecule has 0 unspecified atom stereocenters. The quantitative estimate of drug-likeness (QED) is 0.393. The zero-order valence-corrected chi connectivity index (χ0v) is 13.3. The lowest BCUT2D eigenvalue weighted by atomic mass is 9.75. The SMILES string of the molecule is C=C(CC=CC(=O)O)C(=O)OCC1C(F)(F)C(F)(F)C(F)(F)C(F)(F)C1(F)F. The maximum absolute atomic E-state index is 13.6. The normalized spacial score (nSPS) is 24.6. The molecule has 0 aliphatic heterocycles. The summed E-state index contributed by atoms with van der Waals surface area (Å²) in [5.41, 5.74) is -0.746. The van der Waals surface area contributed by atoms with Crippen LogP contribution < -0.4 is 0 Å². The van der Waals surface area contributed by atoms with Crippen molar-refractivity contribution in [3.8, 4) is 0 Å². The van der Waals surface area contributed by atoms with Crippen LogP contribution in [-0.2, 0) is 14.3 Å². The minimum Gasteiger partial charge on any atom is -0.478 e. The van der Waals surface area contributed by atoms with Gasteiger partial charge in [0, 0.05) is 11.6 Å². The molecule has 0 atom stereocenters. The predicted octanol–water partition coefficient (Wildman–Crippen LogP) is 3.92. The third-order valence-corrected chi connectivity index (χ3v) is 3.80. The summed E-state index contributed by atoms with van der Waals surface area (Å²) in [6, 6.07) is 0. The van der Waals surface area contributed by atoms with E-state index < -0.39 is 66.1 Å². The number of hydrogen-bond donors (Lipinski definition) is 1. The molecule has 0 radical (unpaired) electrons. The van der Waals surface area contributed by atoms with Crippen LogP contribution in [0.3, 0.4) is 0 Å². The standard InChI is InChI=1S/C14H10F10O4/c1-6(3-2-4-8(25)26)9(27)28-5-7-10(15,16)12(19,20)14(23,24)13(21,22)11(7,17)18/h2,4,7H,1,3,5H2,(H,25,26). The highest BCUT2D eigenvalue weighted by atomic mass is 19.4. The van der Waals surface area contributed by atoms with Crippen molar-refractivity contribution in [1.29, 1.82) is 0 Å². The van der Waals surface area contributed by atoms with E-state index in [9.17, 15) is 53.5 Å². The molecule has 0 aromatic heterocycles. The summed E-state index contributed by atoms with van der Waals surface area (Å²) in [7, 11) is 0. The first-order valence-corrected chi connectivity index (χ1v) is 6.99. The van der Waals surface area contributed by atoms with Crippen LogP contribution >= 0.6 is 0 Å². The molecular formula is C14H10F10O4. The van der Waals surface area contributed by atoms with Crippen molar-refractivity contribution in [1.82, 2.24) is 0 Å². The van der Waals surface area contributed by atoms with E-state index in [-0.39, 0.29) is 0 Å². The molecule has 1 aliphatic carbocycles. The van der Waals surface area contributed by atoms with Gasteiger partial charge >= 0.3 is 41.6 Å². The molecule has 0 aromatic rings. The number of carbonyl (C=O) groups is 2. The monoisotopic (exact) mass is 432 g/mol. The summed E-state index contributed by atoms with van der Waals surface area (Å²) in [5, 5.41) is 8.29. The van der Waals surface area contributed by atoms with E-state index in [1.165, 1.54) is 0 Å². The lowest BCUT2D eigenvalue weighted by Crippen LogP contribution is -2.78. The molecule has 0 aromatic carbocycles. The van der Waals surface area contributed by atoms with Gasteiger partial charge in [-0.3, -0.25) is 0 Å². The average Bonchev–Trinajstić information content (AvgIpc) is 2.52. The number of esters is 1. The molecule has 14 heteroatoms. The third-order valence-electron chi connectivity index (χ3n) is 3.80. The molecule has 4 nitrogen and oxygen atoms in total. The van der Waals surface area contributed by atoms with Gasteiger partial charge in [-0.2, -0.15) is 43.9 Å². The highest BCUT2D eigenvalue weighted by Crippen LogP contribution is 2.66. The van der Waals surface area contributed by atoms with Gasteiger partial charge < -0.3 is 9.84 Å². The Hall–Kier alpha value is -2.28. The van der Waals surface area contributed by atoms with Gasteiger partial charge in [-0.1, -0.05) is 12.7 Å². The number of carbonyl (C=O) groups excluding carboxylic acids is 1. The minimum absolute atomic E-state index is 0.491. The van der Waals surface area contributed by atoms with Crippen molar-refractivity contribution in [2.45, 2.75) is 36.0 Å². The first-order valence-electron chi connectivity index (χ1n) is 6.99. The number of hydrogen-bond acceptors (Lipinski definition) is 3. The van der Waals surface area contributed by atoms with E-state index in [4.69, 9.17) is 5.11 Å². The molecule has 160 valence electrons. The molecule has 1 fully saturated rings. The van der Waals surface area contributed by atoms with Gasteiger partial charge in [0.05, 0.1) is 0 Å². The van der Waals surface area contributed by atoms with Crippen LogP contribution in [0, 0.1) is 5.92 Å². The fourth-order valence-electron chi connectivity index (χ4n) is 2.14. The summed E-state index contributed by atoms with van der Waals surface area (Å²) < 4.78 is 137. The Labute approximate surface area is 149 Å². The molecule has 0 spiro atoms. The van der Waals surface area contributed by atoms with Gasteiger partial charge in [0.2, 0.25) is 0 Å². The first-order chi connectivity index (χ1) is 12.4. The number of aliphatic carboxylic acids is 1. The maximum atomic E-state index is 13.6. The van der Waals surface area contributed by atoms with E-state index in [0.717, 1.165) is 6.08 Å². The third kappa shape index (κ3) is 3.32. The van der Waals surface area contributed by atoms with Gasteiger partial charge in [-0.15, -0.1) is 0 Å². The maximum Gasteiger partial charge on any atom is 0.384 e. The van der Waals surface area contributed by atoms with Crippen molar-refractivity contribution in [3.05, 3.63) is 24.3 Å². The summed E-state index contributed by atoms with van der Waals surface area (Å²) in [6.07, 6.45) is 0.649. The van der Waals surface area contributed by atoms with E-state index in [0.29, 0.717) is 6.08 Å². The molecule has 0 bridgehead atoms. The van der Waals surface area contributed by atoms with Crippen molar-refractivity contribution in [2.75, 3.05) is 6.61 Å². The van der Waals surface area contributed by atoms with Crippen LogP contribution in [-0.4, -0.2) is 53.3 Å². The van der Waals surface area contributed by atoms with Crippen LogP contribution in [0.5, 0.6) is 0 Å². The Morgan fingerprint density at radius 2 is 1.32 bits per heavy atom. The topological polar surface area (TPSA) is 63.6 Å². The fraction of sp³-hybridized carbons (Fsp3) is 0.571. The molecule has 0 heterocycles. The van der Waals surface area contributed by atoms with Crippen molar-refractivity contribution < 1.29 is 63.3 Å². The molecule has 1 rings (SSSR count). The second-order valence-electron chi connectivity index (χ2n) is 5.67. The zero-order valence-electron chi connectivity index (χ0n) is 13.3. The smallest absolute Gasteiger partial charge is 0.384 e. The van der Waals surface area contributed by atoms with Gasteiger partial charge in [0.1, 0.15) is 12.5 Å². The second kappa shape index (κ2) is 6.95. The molecular weight excluding hydrogens is 422 g/mol. The van der Waals surface area contributed by atoms with Gasteiger partial charge in [0.15, 0.2) is 0 Å². The Balaban J connectivity index is 3.11. The van der Waals surface area contributed by atoms with Crippen LogP contribution in [0.1, 0.15) is 6.42 Å². The fourth-order valence-corrected chi connectivity index (χ4v) is 2.14. The summed E-state index contributed by atoms with van der Waals surface area (Å²) in [6.45, 7) is 0.488. The summed E-state index contributed by atoms with van der Waals surface area (Å²) in [5.74, 6) is -41.4. The molecule has 1 aliphatic rings. The highest BCUT2D eigenvalue weighted by molar-refractivity contribution is 5.88. The summed E-state index contributed by atoms with van der Waals surface area (Å²) in [4.78, 5) is 21.6. The van der Waals surface area contributed by atoms with E-state index in [1.807, 2.05) is 0 Å². The van der Waals surface area contributed by atoms with Crippen LogP contribution in [0.25, 0.3) is 0 Å². The largest absolute Gasteiger partial charge is 0.478 e. The van der Waals surface area contributed by atoms with Gasteiger partial charge in [-0.25, -0.2) is 9.59 Å². The van der Waals surface area contributed by atoms with Crippen LogP contribution in [0.4, 0.5) is 43.9 Å².